The summed E-state index contributed by atoms with van der Waals surface area (Å²) < 4.78 is 12.5. The molecule has 0 aliphatic rings. The minimum absolute atomic E-state index is 0.336. The SMILES string of the molecule is COc1cc(NC(=O)c2ccccc2Oc2ccc(Cl)cc2Cl)nn1C. The fourth-order valence-electron chi connectivity index (χ4n) is 2.31. The van der Waals surface area contributed by atoms with E-state index in [-0.39, 0.29) is 5.91 Å². The smallest absolute Gasteiger partial charge is 0.260 e. The zero-order valence-electron chi connectivity index (χ0n) is 14.0. The molecule has 8 heteroatoms. The number of benzene rings is 2. The molecule has 0 unspecified atom stereocenters. The van der Waals surface area contributed by atoms with Gasteiger partial charge in [0, 0.05) is 18.1 Å². The normalized spacial score (nSPS) is 10.5. The summed E-state index contributed by atoms with van der Waals surface area (Å²) in [5, 5.41) is 7.73. The number of ether oxygens (including phenoxy) is 2. The third-order valence-corrected chi connectivity index (χ3v) is 4.06. The van der Waals surface area contributed by atoms with E-state index >= 15 is 0 Å². The van der Waals surface area contributed by atoms with Crippen molar-refractivity contribution in [3.63, 3.8) is 0 Å². The Morgan fingerprint density at radius 2 is 1.88 bits per heavy atom. The van der Waals surface area contributed by atoms with Crippen LogP contribution in [0.15, 0.2) is 48.5 Å². The molecule has 0 spiro atoms. The van der Waals surface area contributed by atoms with Crippen molar-refractivity contribution in [2.75, 3.05) is 12.4 Å². The first-order valence-electron chi connectivity index (χ1n) is 7.59. The molecule has 134 valence electrons. The van der Waals surface area contributed by atoms with Gasteiger partial charge in [0.25, 0.3) is 5.91 Å². The van der Waals surface area contributed by atoms with Gasteiger partial charge >= 0.3 is 0 Å². The highest BCUT2D eigenvalue weighted by atomic mass is 35.5. The Labute approximate surface area is 160 Å². The summed E-state index contributed by atoms with van der Waals surface area (Å²) in [7, 11) is 3.25. The van der Waals surface area contributed by atoms with Crippen LogP contribution < -0.4 is 14.8 Å². The zero-order chi connectivity index (χ0) is 18.7. The largest absolute Gasteiger partial charge is 0.481 e. The lowest BCUT2D eigenvalue weighted by atomic mass is 10.2. The molecule has 26 heavy (non-hydrogen) atoms. The van der Waals surface area contributed by atoms with Crippen LogP contribution in [0, 0.1) is 0 Å². The van der Waals surface area contributed by atoms with Crippen molar-refractivity contribution in [3.8, 4) is 17.4 Å². The third-order valence-electron chi connectivity index (χ3n) is 3.53. The molecule has 0 saturated carbocycles. The zero-order valence-corrected chi connectivity index (χ0v) is 15.5. The monoisotopic (exact) mass is 391 g/mol. The van der Waals surface area contributed by atoms with Crippen LogP contribution in [0.5, 0.6) is 17.4 Å². The van der Waals surface area contributed by atoms with Gasteiger partial charge in [0.2, 0.25) is 5.88 Å². The van der Waals surface area contributed by atoms with Gasteiger partial charge in [-0.15, -0.1) is 0 Å². The van der Waals surface area contributed by atoms with Crippen LogP contribution in [0.1, 0.15) is 10.4 Å². The number of amides is 1. The van der Waals surface area contributed by atoms with Crippen LogP contribution in [0.2, 0.25) is 10.0 Å². The van der Waals surface area contributed by atoms with Crippen LogP contribution in [-0.2, 0) is 7.05 Å². The molecule has 1 heterocycles. The van der Waals surface area contributed by atoms with E-state index in [4.69, 9.17) is 32.7 Å². The van der Waals surface area contributed by atoms with E-state index in [0.29, 0.717) is 38.8 Å². The quantitative estimate of drug-likeness (QED) is 0.679. The summed E-state index contributed by atoms with van der Waals surface area (Å²) in [6, 6.07) is 13.3. The Hall–Kier alpha value is -2.70. The Bertz CT molecular complexity index is 957. The number of carbonyl (C=O) groups is 1. The fraction of sp³-hybridized carbons (Fsp3) is 0.111. The lowest BCUT2D eigenvalue weighted by molar-refractivity contribution is 0.102. The topological polar surface area (TPSA) is 65.4 Å². The van der Waals surface area contributed by atoms with E-state index in [9.17, 15) is 4.79 Å². The number of hydrogen-bond acceptors (Lipinski definition) is 4. The Morgan fingerprint density at radius 3 is 2.58 bits per heavy atom. The molecule has 0 radical (unpaired) electrons. The molecule has 0 aliphatic carbocycles. The van der Waals surface area contributed by atoms with Gasteiger partial charge in [-0.1, -0.05) is 35.3 Å². The van der Waals surface area contributed by atoms with Gasteiger partial charge in [0.1, 0.15) is 11.5 Å². The van der Waals surface area contributed by atoms with Crippen molar-refractivity contribution in [3.05, 3.63) is 64.1 Å². The van der Waals surface area contributed by atoms with Gasteiger partial charge in [-0.25, -0.2) is 4.68 Å². The number of halogens is 2. The summed E-state index contributed by atoms with van der Waals surface area (Å²) in [6.07, 6.45) is 0. The second-order valence-corrected chi connectivity index (χ2v) is 6.17. The van der Waals surface area contributed by atoms with Gasteiger partial charge in [-0.05, 0) is 30.3 Å². The molecule has 1 amide bonds. The van der Waals surface area contributed by atoms with Crippen molar-refractivity contribution < 1.29 is 14.3 Å². The average Bonchev–Trinajstić information content (AvgIpc) is 2.97. The Balaban J connectivity index is 1.84. The number of aromatic nitrogens is 2. The maximum atomic E-state index is 12.6. The van der Waals surface area contributed by atoms with Crippen LogP contribution >= 0.6 is 23.2 Å². The van der Waals surface area contributed by atoms with Gasteiger partial charge in [0.05, 0.1) is 17.7 Å². The minimum atomic E-state index is -0.369. The molecule has 0 bridgehead atoms. The summed E-state index contributed by atoms with van der Waals surface area (Å²) in [6.45, 7) is 0. The number of rotatable bonds is 5. The van der Waals surface area contributed by atoms with E-state index in [2.05, 4.69) is 10.4 Å². The summed E-state index contributed by atoms with van der Waals surface area (Å²) >= 11 is 12.0. The standard InChI is InChI=1S/C18H15Cl2N3O3/c1-23-17(25-2)10-16(22-23)21-18(24)12-5-3-4-6-14(12)26-15-8-7-11(19)9-13(15)20/h3-10H,1-2H3,(H,21,22,24). The Morgan fingerprint density at radius 1 is 1.12 bits per heavy atom. The van der Waals surface area contributed by atoms with E-state index in [0.717, 1.165) is 0 Å². The van der Waals surface area contributed by atoms with Crippen LogP contribution in [-0.4, -0.2) is 22.8 Å². The number of anilines is 1. The lowest BCUT2D eigenvalue weighted by Crippen LogP contribution is -2.13. The molecule has 0 fully saturated rings. The first-order valence-corrected chi connectivity index (χ1v) is 8.35. The number of para-hydroxylation sites is 1. The minimum Gasteiger partial charge on any atom is -0.481 e. The molecule has 3 rings (SSSR count). The molecular weight excluding hydrogens is 377 g/mol. The number of carbonyl (C=O) groups excluding carboxylic acids is 1. The first kappa shape index (κ1) is 18.1. The second-order valence-electron chi connectivity index (χ2n) is 5.32. The number of nitrogens with zero attached hydrogens (tertiary/aromatic N) is 2. The van der Waals surface area contributed by atoms with Crippen LogP contribution in [0.4, 0.5) is 5.82 Å². The molecule has 0 aliphatic heterocycles. The molecular formula is C18H15Cl2N3O3. The maximum Gasteiger partial charge on any atom is 0.260 e. The van der Waals surface area contributed by atoms with Crippen molar-refractivity contribution in [2.45, 2.75) is 0 Å². The molecule has 0 atom stereocenters. The predicted molar refractivity (Wildman–Crippen MR) is 101 cm³/mol. The van der Waals surface area contributed by atoms with Gasteiger partial charge in [-0.2, -0.15) is 5.10 Å². The number of hydrogen-bond donors (Lipinski definition) is 1. The highest BCUT2D eigenvalue weighted by Crippen LogP contribution is 2.33. The van der Waals surface area contributed by atoms with Gasteiger partial charge in [-0.3, -0.25) is 4.79 Å². The van der Waals surface area contributed by atoms with Crippen molar-refractivity contribution in [2.24, 2.45) is 7.05 Å². The molecule has 1 N–H and O–H groups in total. The van der Waals surface area contributed by atoms with Gasteiger partial charge in [0.15, 0.2) is 5.82 Å². The van der Waals surface area contributed by atoms with E-state index < -0.39 is 0 Å². The predicted octanol–water partition coefficient (Wildman–Crippen LogP) is 4.78. The third kappa shape index (κ3) is 3.92. The molecule has 2 aromatic carbocycles. The van der Waals surface area contributed by atoms with Crippen LogP contribution in [0.3, 0.4) is 0 Å². The van der Waals surface area contributed by atoms with Crippen LogP contribution in [0.25, 0.3) is 0 Å². The van der Waals surface area contributed by atoms with Crippen molar-refractivity contribution >= 4 is 34.9 Å². The van der Waals surface area contributed by atoms with E-state index in [1.54, 1.807) is 55.6 Å². The second kappa shape index (κ2) is 7.68. The molecule has 3 aromatic rings. The molecule has 1 aromatic heterocycles. The Kier molecular flexibility index (Phi) is 5.35. The van der Waals surface area contributed by atoms with E-state index in [1.807, 2.05) is 0 Å². The first-order chi connectivity index (χ1) is 12.5. The summed E-state index contributed by atoms with van der Waals surface area (Å²) in [4.78, 5) is 12.6. The number of nitrogens with one attached hydrogen (secondary N) is 1. The van der Waals surface area contributed by atoms with Gasteiger partial charge < -0.3 is 14.8 Å². The maximum absolute atomic E-state index is 12.6. The lowest BCUT2D eigenvalue weighted by Gasteiger charge is -2.12. The van der Waals surface area contributed by atoms with Crippen molar-refractivity contribution in [1.29, 1.82) is 0 Å². The molecule has 6 nitrogen and oxygen atoms in total. The molecule has 0 saturated heterocycles. The number of aryl methyl sites for hydroxylation is 1. The van der Waals surface area contributed by atoms with Crippen molar-refractivity contribution in [1.82, 2.24) is 9.78 Å². The fourth-order valence-corrected chi connectivity index (χ4v) is 2.75. The number of methoxy groups -OCH3 is 1. The highest BCUT2D eigenvalue weighted by Gasteiger charge is 2.16. The summed E-state index contributed by atoms with van der Waals surface area (Å²) in [5.41, 5.74) is 0.336. The summed E-state index contributed by atoms with van der Waals surface area (Å²) in [5.74, 6) is 1.28. The average molecular weight is 392 g/mol. The highest BCUT2D eigenvalue weighted by molar-refractivity contribution is 6.35. The van der Waals surface area contributed by atoms with E-state index in [1.165, 1.54) is 11.8 Å².